The van der Waals surface area contributed by atoms with E-state index in [9.17, 15) is 4.79 Å². The number of rotatable bonds is 4. The predicted molar refractivity (Wildman–Crippen MR) is 77.0 cm³/mol. The maximum absolute atomic E-state index is 11.8. The number of aliphatic imine (C=N–C) groups is 1. The Kier molecular flexibility index (Phi) is 4.92. The Bertz CT molecular complexity index is 324. The van der Waals surface area contributed by atoms with Crippen LogP contribution in [0.25, 0.3) is 0 Å². The van der Waals surface area contributed by atoms with Crippen LogP contribution in [-0.4, -0.2) is 47.4 Å². The second-order valence-electron chi connectivity index (χ2n) is 5.33. The van der Waals surface area contributed by atoms with Gasteiger partial charge in [0, 0.05) is 31.3 Å². The second-order valence-corrected chi connectivity index (χ2v) is 6.34. The molecule has 2 heterocycles. The number of nitrogens with zero attached hydrogens (tertiary/aromatic N) is 2. The number of carbonyl (C=O) groups is 1. The van der Waals surface area contributed by atoms with Crippen LogP contribution < -0.4 is 5.32 Å². The molecule has 1 atom stereocenters. The summed E-state index contributed by atoms with van der Waals surface area (Å²) in [5, 5.41) is 4.44. The molecule has 2 aliphatic heterocycles. The fraction of sp³-hybridized carbons (Fsp3) is 0.846. The third-order valence-corrected chi connectivity index (χ3v) is 4.60. The first kappa shape index (κ1) is 13.7. The van der Waals surface area contributed by atoms with Gasteiger partial charge >= 0.3 is 0 Å². The highest BCUT2D eigenvalue weighted by molar-refractivity contribution is 8.14. The van der Waals surface area contributed by atoms with Crippen molar-refractivity contribution in [3.05, 3.63) is 0 Å². The second kappa shape index (κ2) is 6.45. The average Bonchev–Trinajstić information content (AvgIpc) is 3.00. The Morgan fingerprint density at radius 1 is 1.50 bits per heavy atom. The molecule has 1 amide bonds. The van der Waals surface area contributed by atoms with Crippen molar-refractivity contribution in [2.24, 2.45) is 10.9 Å². The summed E-state index contributed by atoms with van der Waals surface area (Å²) in [6.45, 7) is 6.95. The number of amides is 1. The van der Waals surface area contributed by atoms with Crippen LogP contribution in [0.3, 0.4) is 0 Å². The quantitative estimate of drug-likeness (QED) is 0.845. The van der Waals surface area contributed by atoms with E-state index in [1.165, 1.54) is 0 Å². The maximum atomic E-state index is 11.8. The van der Waals surface area contributed by atoms with E-state index in [4.69, 9.17) is 0 Å². The molecule has 5 heteroatoms. The first-order valence-electron chi connectivity index (χ1n) is 6.88. The molecule has 0 aliphatic carbocycles. The lowest BCUT2D eigenvalue weighted by atomic mass is 10.1. The van der Waals surface area contributed by atoms with E-state index in [-0.39, 0.29) is 5.91 Å². The topological polar surface area (TPSA) is 44.7 Å². The van der Waals surface area contributed by atoms with Gasteiger partial charge < -0.3 is 10.2 Å². The van der Waals surface area contributed by atoms with Gasteiger partial charge in [-0.05, 0) is 18.8 Å². The van der Waals surface area contributed by atoms with Crippen LogP contribution in [0.5, 0.6) is 0 Å². The molecular formula is C13H23N3OS. The minimum absolute atomic E-state index is 0.264. The molecule has 2 saturated heterocycles. The lowest BCUT2D eigenvalue weighted by molar-refractivity contribution is -0.129. The smallest absolute Gasteiger partial charge is 0.224 e. The lowest BCUT2D eigenvalue weighted by Crippen LogP contribution is -2.32. The standard InChI is InChI=1S/C13H23N3OS/c1-10(2)11-9-18-13(15-11)14-6-5-12(17)16-7-3-4-8-16/h10-11H,3-9H2,1-2H3,(H,14,15)/t11-/m1/s1. The molecule has 1 N–H and O–H groups in total. The Balaban J connectivity index is 1.70. The number of likely N-dealkylation sites (tertiary alicyclic amines) is 1. The number of thioether (sulfide) groups is 1. The number of nitrogens with one attached hydrogen (secondary N) is 1. The molecule has 0 spiro atoms. The molecule has 0 bridgehead atoms. The van der Waals surface area contributed by atoms with Crippen molar-refractivity contribution in [1.82, 2.24) is 10.2 Å². The Hall–Kier alpha value is -0.710. The number of hydrogen-bond donors (Lipinski definition) is 1. The molecule has 0 aromatic rings. The molecule has 2 fully saturated rings. The van der Waals surface area contributed by atoms with Gasteiger partial charge in [0.1, 0.15) is 0 Å². The number of amidine groups is 1. The van der Waals surface area contributed by atoms with Gasteiger partial charge in [0.05, 0.1) is 6.54 Å². The summed E-state index contributed by atoms with van der Waals surface area (Å²) in [5.74, 6) is 1.99. The Morgan fingerprint density at radius 2 is 2.22 bits per heavy atom. The largest absolute Gasteiger partial charge is 0.361 e. The summed E-state index contributed by atoms with van der Waals surface area (Å²) in [6.07, 6.45) is 2.87. The maximum Gasteiger partial charge on any atom is 0.224 e. The summed E-state index contributed by atoms with van der Waals surface area (Å²) in [7, 11) is 0. The van der Waals surface area contributed by atoms with E-state index in [0.717, 1.165) is 36.9 Å². The van der Waals surface area contributed by atoms with Gasteiger partial charge in [-0.25, -0.2) is 0 Å². The molecule has 2 rings (SSSR count). The van der Waals surface area contributed by atoms with Crippen LogP contribution in [0, 0.1) is 5.92 Å². The van der Waals surface area contributed by atoms with Gasteiger partial charge in [-0.2, -0.15) is 0 Å². The van der Waals surface area contributed by atoms with E-state index in [2.05, 4.69) is 24.2 Å². The van der Waals surface area contributed by atoms with Crippen LogP contribution in [0.15, 0.2) is 4.99 Å². The van der Waals surface area contributed by atoms with E-state index >= 15 is 0 Å². The van der Waals surface area contributed by atoms with E-state index in [0.29, 0.717) is 24.9 Å². The van der Waals surface area contributed by atoms with Crippen LogP contribution in [0.2, 0.25) is 0 Å². The number of carbonyl (C=O) groups excluding carboxylic acids is 1. The normalized spacial score (nSPS) is 26.1. The molecule has 0 radical (unpaired) electrons. The fourth-order valence-corrected chi connectivity index (χ4v) is 3.46. The van der Waals surface area contributed by atoms with Gasteiger partial charge in [0.25, 0.3) is 0 Å². The summed E-state index contributed by atoms with van der Waals surface area (Å²) >= 11 is 1.78. The van der Waals surface area contributed by atoms with Gasteiger partial charge in [-0.3, -0.25) is 9.79 Å². The third kappa shape index (κ3) is 3.64. The van der Waals surface area contributed by atoms with E-state index in [1.54, 1.807) is 11.8 Å². The number of hydrogen-bond acceptors (Lipinski definition) is 3. The first-order valence-corrected chi connectivity index (χ1v) is 7.87. The van der Waals surface area contributed by atoms with Crippen molar-refractivity contribution in [2.45, 2.75) is 39.2 Å². The fourth-order valence-electron chi connectivity index (χ4n) is 2.24. The molecule has 0 aromatic heterocycles. The molecule has 0 unspecified atom stereocenters. The highest BCUT2D eigenvalue weighted by atomic mass is 32.2. The molecule has 0 aromatic carbocycles. The molecule has 102 valence electrons. The Labute approximate surface area is 114 Å². The molecule has 0 saturated carbocycles. The predicted octanol–water partition coefficient (Wildman–Crippen LogP) is 1.72. The molecular weight excluding hydrogens is 246 g/mol. The zero-order chi connectivity index (χ0) is 13.0. The van der Waals surface area contributed by atoms with Crippen molar-refractivity contribution in [3.63, 3.8) is 0 Å². The Morgan fingerprint density at radius 3 is 2.83 bits per heavy atom. The van der Waals surface area contributed by atoms with Crippen molar-refractivity contribution in [1.29, 1.82) is 0 Å². The third-order valence-electron chi connectivity index (χ3n) is 3.55. The summed E-state index contributed by atoms with van der Waals surface area (Å²) in [5.41, 5.74) is 0. The summed E-state index contributed by atoms with van der Waals surface area (Å²) in [6, 6.07) is 0.531. The van der Waals surface area contributed by atoms with Gasteiger partial charge in [-0.15, -0.1) is 0 Å². The highest BCUT2D eigenvalue weighted by Gasteiger charge is 2.23. The van der Waals surface area contributed by atoms with Gasteiger partial charge in [0.15, 0.2) is 5.17 Å². The average molecular weight is 269 g/mol. The summed E-state index contributed by atoms with van der Waals surface area (Å²) < 4.78 is 0. The van der Waals surface area contributed by atoms with Crippen molar-refractivity contribution in [2.75, 3.05) is 25.4 Å². The first-order chi connectivity index (χ1) is 8.66. The minimum Gasteiger partial charge on any atom is -0.361 e. The summed E-state index contributed by atoms with van der Waals surface area (Å²) in [4.78, 5) is 18.3. The molecule has 2 aliphatic rings. The van der Waals surface area contributed by atoms with Gasteiger partial charge in [0.2, 0.25) is 5.91 Å². The van der Waals surface area contributed by atoms with Crippen molar-refractivity contribution >= 4 is 22.8 Å². The van der Waals surface area contributed by atoms with Crippen LogP contribution in [0.1, 0.15) is 33.1 Å². The molecule has 18 heavy (non-hydrogen) atoms. The minimum atomic E-state index is 0.264. The highest BCUT2D eigenvalue weighted by Crippen LogP contribution is 2.19. The van der Waals surface area contributed by atoms with Crippen molar-refractivity contribution in [3.8, 4) is 0 Å². The zero-order valence-corrected chi connectivity index (χ0v) is 12.1. The van der Waals surface area contributed by atoms with Crippen molar-refractivity contribution < 1.29 is 4.79 Å². The van der Waals surface area contributed by atoms with Crippen LogP contribution in [-0.2, 0) is 4.79 Å². The molecule has 4 nitrogen and oxygen atoms in total. The lowest BCUT2D eigenvalue weighted by Gasteiger charge is -2.14. The van der Waals surface area contributed by atoms with Crippen LogP contribution in [0.4, 0.5) is 0 Å². The van der Waals surface area contributed by atoms with E-state index in [1.807, 2.05) is 4.90 Å². The van der Waals surface area contributed by atoms with Gasteiger partial charge in [-0.1, -0.05) is 25.6 Å². The van der Waals surface area contributed by atoms with E-state index < -0.39 is 0 Å². The monoisotopic (exact) mass is 269 g/mol. The SMILES string of the molecule is CC(C)[C@H]1CSC(=NCCC(=O)N2CCCC2)N1. The van der Waals surface area contributed by atoms with Crippen LogP contribution >= 0.6 is 11.8 Å². The zero-order valence-electron chi connectivity index (χ0n) is 11.3.